The summed E-state index contributed by atoms with van der Waals surface area (Å²) in [4.78, 5) is 52.1. The van der Waals surface area contributed by atoms with Crippen molar-refractivity contribution >= 4 is 23.7 Å². The number of carbonyl (C=O) groups excluding carboxylic acids is 4. The molecule has 0 radical (unpaired) electrons. The van der Waals surface area contributed by atoms with E-state index in [1.165, 1.54) is 33.3 Å². The van der Waals surface area contributed by atoms with Crippen LogP contribution in [0.25, 0.3) is 0 Å². The molecule has 1 N–H and O–H groups in total. The Kier molecular flexibility index (Phi) is 7.04. The Morgan fingerprint density at radius 3 is 2.23 bits per heavy atom. The number of nitrogens with zero attached hydrogens (tertiary/aromatic N) is 1. The predicted molar refractivity (Wildman–Crippen MR) is 125 cm³/mol. The molecule has 184 valence electrons. The van der Waals surface area contributed by atoms with Gasteiger partial charge in [-0.25, -0.2) is 4.79 Å². The first kappa shape index (κ1) is 24.3. The van der Waals surface area contributed by atoms with E-state index in [0.29, 0.717) is 16.7 Å². The first-order chi connectivity index (χ1) is 16.8. The topological polar surface area (TPSA) is 111 Å². The summed E-state index contributed by atoms with van der Waals surface area (Å²) in [6.45, 7) is 1.38. The minimum absolute atomic E-state index is 0.106. The molecular weight excluding hydrogens is 452 g/mol. The van der Waals surface area contributed by atoms with Gasteiger partial charge in [0.2, 0.25) is 0 Å². The molecule has 9 heteroatoms. The molecule has 0 saturated heterocycles. The first-order valence-electron chi connectivity index (χ1n) is 11.6. The summed E-state index contributed by atoms with van der Waals surface area (Å²) in [6, 6.07) is 9.60. The summed E-state index contributed by atoms with van der Waals surface area (Å²) in [5.74, 6) is -1.43. The van der Waals surface area contributed by atoms with E-state index in [4.69, 9.17) is 14.2 Å². The Morgan fingerprint density at radius 2 is 1.66 bits per heavy atom. The zero-order valence-electron chi connectivity index (χ0n) is 20.0. The van der Waals surface area contributed by atoms with Gasteiger partial charge in [0.05, 0.1) is 37.5 Å². The van der Waals surface area contributed by atoms with Gasteiger partial charge in [-0.1, -0.05) is 25.0 Å². The molecule has 2 aromatic carbocycles. The number of hydrogen-bond donors (Lipinski definition) is 1. The SMILES string of the molecule is COc1cc(C(=O)OC(C)C(=O)NC2CCCC2)cc(CN2C(=O)c3ccccc3C2=O)c1OC. The number of fused-ring (bicyclic) bond motifs is 1. The average Bonchev–Trinajstić information content (AvgIpc) is 3.46. The van der Waals surface area contributed by atoms with Gasteiger partial charge in [0, 0.05) is 11.6 Å². The number of methoxy groups -OCH3 is 2. The van der Waals surface area contributed by atoms with Gasteiger partial charge in [-0.3, -0.25) is 19.3 Å². The number of imide groups is 1. The van der Waals surface area contributed by atoms with Gasteiger partial charge in [-0.2, -0.15) is 0 Å². The normalized spacial score (nSPS) is 16.1. The number of hydrogen-bond acceptors (Lipinski definition) is 7. The maximum atomic E-state index is 12.9. The summed E-state index contributed by atoms with van der Waals surface area (Å²) in [5.41, 5.74) is 1.13. The van der Waals surface area contributed by atoms with Crippen molar-refractivity contribution in [1.29, 1.82) is 0 Å². The Labute approximate surface area is 203 Å². The van der Waals surface area contributed by atoms with Gasteiger partial charge in [-0.15, -0.1) is 0 Å². The molecule has 4 rings (SSSR count). The number of amides is 3. The summed E-state index contributed by atoms with van der Waals surface area (Å²) >= 11 is 0. The molecule has 3 amide bonds. The second-order valence-corrected chi connectivity index (χ2v) is 8.65. The molecule has 1 atom stereocenters. The Hall–Kier alpha value is -3.88. The standard InChI is InChI=1S/C26H28N2O7/c1-15(23(29)27-18-8-4-5-9-18)35-26(32)16-12-17(22(34-3)21(13-16)33-2)14-28-24(30)19-10-6-7-11-20(19)25(28)31/h6-7,10-13,15,18H,4-5,8-9,14H2,1-3H3,(H,27,29). The number of rotatable bonds is 8. The Morgan fingerprint density at radius 1 is 1.03 bits per heavy atom. The van der Waals surface area contributed by atoms with Crippen LogP contribution in [0, 0.1) is 0 Å². The summed E-state index contributed by atoms with van der Waals surface area (Å²) in [5, 5.41) is 2.91. The minimum atomic E-state index is -0.990. The highest BCUT2D eigenvalue weighted by molar-refractivity contribution is 6.21. The number of benzene rings is 2. The average molecular weight is 481 g/mol. The van der Waals surface area contributed by atoms with Crippen LogP contribution in [0.5, 0.6) is 11.5 Å². The van der Waals surface area contributed by atoms with Gasteiger partial charge < -0.3 is 19.5 Å². The van der Waals surface area contributed by atoms with Crippen LogP contribution >= 0.6 is 0 Å². The molecule has 1 aliphatic carbocycles. The van der Waals surface area contributed by atoms with Gasteiger partial charge in [0.1, 0.15) is 0 Å². The Bertz CT molecular complexity index is 1140. The minimum Gasteiger partial charge on any atom is -0.493 e. The second kappa shape index (κ2) is 10.2. The van der Waals surface area contributed by atoms with Crippen molar-refractivity contribution in [1.82, 2.24) is 10.2 Å². The molecule has 0 spiro atoms. The molecular formula is C26H28N2O7. The van der Waals surface area contributed by atoms with Crippen molar-refractivity contribution in [2.45, 2.75) is 51.3 Å². The van der Waals surface area contributed by atoms with Gasteiger partial charge >= 0.3 is 5.97 Å². The third-order valence-electron chi connectivity index (χ3n) is 6.35. The maximum Gasteiger partial charge on any atom is 0.339 e. The lowest BCUT2D eigenvalue weighted by Gasteiger charge is -2.20. The fourth-order valence-electron chi connectivity index (χ4n) is 4.50. The lowest BCUT2D eigenvalue weighted by molar-refractivity contribution is -0.129. The number of nitrogens with one attached hydrogen (secondary N) is 1. The van der Waals surface area contributed by atoms with E-state index in [1.807, 2.05) is 0 Å². The van der Waals surface area contributed by atoms with E-state index in [0.717, 1.165) is 30.6 Å². The number of carbonyl (C=O) groups is 4. The fourth-order valence-corrected chi connectivity index (χ4v) is 4.50. The summed E-state index contributed by atoms with van der Waals surface area (Å²) < 4.78 is 16.3. The second-order valence-electron chi connectivity index (χ2n) is 8.65. The van der Waals surface area contributed by atoms with E-state index < -0.39 is 23.9 Å². The van der Waals surface area contributed by atoms with Crippen molar-refractivity contribution < 1.29 is 33.4 Å². The van der Waals surface area contributed by atoms with Crippen LogP contribution in [0.1, 0.15) is 69.2 Å². The van der Waals surface area contributed by atoms with Crippen LogP contribution in [0.4, 0.5) is 0 Å². The number of esters is 1. The third-order valence-corrected chi connectivity index (χ3v) is 6.35. The summed E-state index contributed by atoms with van der Waals surface area (Å²) in [6.07, 6.45) is 2.99. The van der Waals surface area contributed by atoms with Gasteiger partial charge in [-0.05, 0) is 44.0 Å². The van der Waals surface area contributed by atoms with Crippen LogP contribution < -0.4 is 14.8 Å². The van der Waals surface area contributed by atoms with Crippen LogP contribution in [0.15, 0.2) is 36.4 Å². The van der Waals surface area contributed by atoms with Crippen molar-refractivity contribution in [2.75, 3.05) is 14.2 Å². The highest BCUT2D eigenvalue weighted by Gasteiger charge is 2.36. The molecule has 2 aromatic rings. The highest BCUT2D eigenvalue weighted by atomic mass is 16.5. The fraction of sp³-hybridized carbons (Fsp3) is 0.385. The molecule has 1 aliphatic heterocycles. The lowest BCUT2D eigenvalue weighted by Crippen LogP contribution is -2.40. The van der Waals surface area contributed by atoms with Gasteiger partial charge in [0.15, 0.2) is 17.6 Å². The van der Waals surface area contributed by atoms with Crippen LogP contribution in [-0.2, 0) is 16.1 Å². The van der Waals surface area contributed by atoms with Gasteiger partial charge in [0.25, 0.3) is 17.7 Å². The van der Waals surface area contributed by atoms with Crippen molar-refractivity contribution in [3.63, 3.8) is 0 Å². The molecule has 0 bridgehead atoms. The van der Waals surface area contributed by atoms with E-state index in [-0.39, 0.29) is 35.6 Å². The quantitative estimate of drug-likeness (QED) is 0.456. The molecule has 0 aromatic heterocycles. The van der Waals surface area contributed by atoms with Crippen LogP contribution in [0.2, 0.25) is 0 Å². The maximum absolute atomic E-state index is 12.9. The highest BCUT2D eigenvalue weighted by Crippen LogP contribution is 2.35. The van der Waals surface area contributed by atoms with Crippen LogP contribution in [0.3, 0.4) is 0 Å². The zero-order valence-corrected chi connectivity index (χ0v) is 20.0. The third kappa shape index (κ3) is 4.84. The molecule has 2 aliphatic rings. The number of ether oxygens (including phenoxy) is 3. The zero-order chi connectivity index (χ0) is 25.1. The van der Waals surface area contributed by atoms with Crippen molar-refractivity contribution in [3.8, 4) is 11.5 Å². The van der Waals surface area contributed by atoms with Crippen LogP contribution in [-0.4, -0.2) is 55.0 Å². The smallest absolute Gasteiger partial charge is 0.339 e. The van der Waals surface area contributed by atoms with Crippen molar-refractivity contribution in [3.05, 3.63) is 58.7 Å². The molecule has 1 saturated carbocycles. The largest absolute Gasteiger partial charge is 0.493 e. The molecule has 1 fully saturated rings. The molecule has 1 heterocycles. The summed E-state index contributed by atoms with van der Waals surface area (Å²) in [7, 11) is 2.84. The molecule has 1 unspecified atom stereocenters. The Balaban J connectivity index is 1.55. The van der Waals surface area contributed by atoms with E-state index in [2.05, 4.69) is 5.32 Å². The van der Waals surface area contributed by atoms with E-state index >= 15 is 0 Å². The predicted octanol–water partition coefficient (Wildman–Crippen LogP) is 3.10. The lowest BCUT2D eigenvalue weighted by atomic mass is 10.1. The monoisotopic (exact) mass is 480 g/mol. The van der Waals surface area contributed by atoms with Crippen molar-refractivity contribution in [2.24, 2.45) is 0 Å². The van der Waals surface area contributed by atoms with E-state index in [1.54, 1.807) is 24.3 Å². The first-order valence-corrected chi connectivity index (χ1v) is 11.6. The molecule has 35 heavy (non-hydrogen) atoms. The van der Waals surface area contributed by atoms with E-state index in [9.17, 15) is 19.2 Å². The molecule has 9 nitrogen and oxygen atoms in total.